The highest BCUT2D eigenvalue weighted by Gasteiger charge is 2.13. The summed E-state index contributed by atoms with van der Waals surface area (Å²) >= 11 is 1.26. The molecule has 1 aliphatic rings. The van der Waals surface area contributed by atoms with Gasteiger partial charge in [-0.3, -0.25) is 4.79 Å². The van der Waals surface area contributed by atoms with Crippen LogP contribution in [-0.2, 0) is 4.79 Å². The minimum atomic E-state index is -0.130. The number of rotatable bonds is 6. The molecule has 1 amide bonds. The summed E-state index contributed by atoms with van der Waals surface area (Å²) in [5, 5.41) is 13.8. The van der Waals surface area contributed by atoms with Crippen molar-refractivity contribution in [1.29, 1.82) is 5.26 Å². The molecule has 7 heteroatoms. The standard InChI is InChI=1S/C23H22N4O2S/c1-29-20-8-9-21-16(13-20)12-17(14-24)23(26-21)30-15-22(28)25-18-4-6-19(7-5-18)27-10-2-3-11-27/h4-9,12-13H,2-3,10-11,15H2,1H3,(H,25,28). The zero-order valence-corrected chi connectivity index (χ0v) is 17.5. The number of anilines is 2. The maximum absolute atomic E-state index is 12.4. The Bertz CT molecular complexity index is 1100. The van der Waals surface area contributed by atoms with Crippen LogP contribution >= 0.6 is 11.8 Å². The normalized spacial score (nSPS) is 13.3. The summed E-state index contributed by atoms with van der Waals surface area (Å²) < 4.78 is 5.23. The van der Waals surface area contributed by atoms with Crippen LogP contribution in [0.5, 0.6) is 5.75 Å². The van der Waals surface area contributed by atoms with Crippen molar-refractivity contribution in [3.8, 4) is 11.8 Å². The Kier molecular flexibility index (Phi) is 6.05. The van der Waals surface area contributed by atoms with E-state index in [0.29, 0.717) is 16.3 Å². The molecular formula is C23H22N4O2S. The number of hydrogen-bond acceptors (Lipinski definition) is 6. The third kappa shape index (κ3) is 4.50. The quantitative estimate of drug-likeness (QED) is 0.596. The number of benzene rings is 2. The number of carbonyl (C=O) groups is 1. The first-order valence-electron chi connectivity index (χ1n) is 9.83. The largest absolute Gasteiger partial charge is 0.497 e. The first kappa shape index (κ1) is 20.0. The minimum Gasteiger partial charge on any atom is -0.497 e. The zero-order valence-electron chi connectivity index (χ0n) is 16.7. The van der Waals surface area contributed by atoms with E-state index in [1.165, 1.54) is 30.3 Å². The Balaban J connectivity index is 1.40. The summed E-state index contributed by atoms with van der Waals surface area (Å²) in [6, 6.07) is 17.4. The second-order valence-corrected chi connectivity index (χ2v) is 8.05. The van der Waals surface area contributed by atoms with Crippen LogP contribution in [0.15, 0.2) is 53.6 Å². The fraction of sp³-hybridized carbons (Fsp3) is 0.261. The summed E-state index contributed by atoms with van der Waals surface area (Å²) in [6.07, 6.45) is 2.47. The van der Waals surface area contributed by atoms with Gasteiger partial charge >= 0.3 is 0 Å². The van der Waals surface area contributed by atoms with E-state index >= 15 is 0 Å². The van der Waals surface area contributed by atoms with Gasteiger partial charge in [0.2, 0.25) is 5.91 Å². The fourth-order valence-corrected chi connectivity index (χ4v) is 4.28. The lowest BCUT2D eigenvalue weighted by molar-refractivity contribution is -0.113. The van der Waals surface area contributed by atoms with Gasteiger partial charge in [-0.2, -0.15) is 5.26 Å². The van der Waals surface area contributed by atoms with Crippen LogP contribution in [-0.4, -0.2) is 36.8 Å². The Morgan fingerprint density at radius 3 is 2.67 bits per heavy atom. The highest BCUT2D eigenvalue weighted by Crippen LogP contribution is 2.27. The van der Waals surface area contributed by atoms with Gasteiger partial charge in [-0.1, -0.05) is 11.8 Å². The topological polar surface area (TPSA) is 78.2 Å². The fourth-order valence-electron chi connectivity index (χ4n) is 3.52. The third-order valence-corrected chi connectivity index (χ3v) is 6.06. The number of thioether (sulfide) groups is 1. The molecule has 3 aromatic rings. The predicted octanol–water partition coefficient (Wildman–Crippen LogP) is 4.45. The molecule has 0 bridgehead atoms. The van der Waals surface area contributed by atoms with Gasteiger partial charge in [0.05, 0.1) is 23.9 Å². The lowest BCUT2D eigenvalue weighted by Crippen LogP contribution is -2.18. The highest BCUT2D eigenvalue weighted by molar-refractivity contribution is 8.00. The van der Waals surface area contributed by atoms with Gasteiger partial charge in [0.1, 0.15) is 16.8 Å². The Labute approximate surface area is 179 Å². The van der Waals surface area contributed by atoms with E-state index in [2.05, 4.69) is 21.3 Å². The minimum absolute atomic E-state index is 0.130. The summed E-state index contributed by atoms with van der Waals surface area (Å²) in [5.41, 5.74) is 3.16. The molecule has 6 nitrogen and oxygen atoms in total. The number of nitrogens with zero attached hydrogens (tertiary/aromatic N) is 3. The van der Waals surface area contributed by atoms with Crippen LogP contribution in [0.25, 0.3) is 10.9 Å². The van der Waals surface area contributed by atoms with Gasteiger partial charge < -0.3 is 15.0 Å². The average Bonchev–Trinajstić information content (AvgIpc) is 3.32. The van der Waals surface area contributed by atoms with Gasteiger partial charge in [-0.05, 0) is 61.4 Å². The van der Waals surface area contributed by atoms with Crippen molar-refractivity contribution in [2.24, 2.45) is 0 Å². The zero-order chi connectivity index (χ0) is 20.9. The summed E-state index contributed by atoms with van der Waals surface area (Å²) in [6.45, 7) is 2.18. The molecule has 0 saturated carbocycles. The van der Waals surface area contributed by atoms with Crippen LogP contribution in [0.4, 0.5) is 11.4 Å². The van der Waals surface area contributed by atoms with Crippen molar-refractivity contribution in [2.45, 2.75) is 17.9 Å². The van der Waals surface area contributed by atoms with Crippen molar-refractivity contribution in [3.63, 3.8) is 0 Å². The van der Waals surface area contributed by atoms with Crippen LogP contribution in [0.3, 0.4) is 0 Å². The molecule has 1 fully saturated rings. The molecule has 0 atom stereocenters. The molecule has 1 aromatic heterocycles. The first-order valence-corrected chi connectivity index (χ1v) is 10.8. The maximum atomic E-state index is 12.4. The average molecular weight is 419 g/mol. The molecular weight excluding hydrogens is 396 g/mol. The smallest absolute Gasteiger partial charge is 0.234 e. The lowest BCUT2D eigenvalue weighted by atomic mass is 10.1. The van der Waals surface area contributed by atoms with E-state index in [-0.39, 0.29) is 11.7 Å². The van der Waals surface area contributed by atoms with Crippen molar-refractivity contribution >= 4 is 39.9 Å². The third-order valence-electron chi connectivity index (χ3n) is 5.07. The molecule has 2 heterocycles. The number of pyridine rings is 1. The van der Waals surface area contributed by atoms with Gasteiger partial charge in [0, 0.05) is 29.9 Å². The summed E-state index contributed by atoms with van der Waals surface area (Å²) in [4.78, 5) is 19.3. The number of carbonyl (C=O) groups excluding carboxylic acids is 1. The van der Waals surface area contributed by atoms with Crippen molar-refractivity contribution in [2.75, 3.05) is 36.2 Å². The first-order chi connectivity index (χ1) is 14.7. The van der Waals surface area contributed by atoms with E-state index in [4.69, 9.17) is 4.74 Å². The molecule has 0 unspecified atom stereocenters. The van der Waals surface area contributed by atoms with E-state index in [1.807, 2.05) is 42.5 Å². The number of methoxy groups -OCH3 is 1. The second kappa shape index (κ2) is 9.06. The Morgan fingerprint density at radius 1 is 1.20 bits per heavy atom. The number of nitrogens with one attached hydrogen (secondary N) is 1. The second-order valence-electron chi connectivity index (χ2n) is 7.09. The van der Waals surface area contributed by atoms with E-state index in [9.17, 15) is 10.1 Å². The molecule has 30 heavy (non-hydrogen) atoms. The summed E-state index contributed by atoms with van der Waals surface area (Å²) in [7, 11) is 1.60. The van der Waals surface area contributed by atoms with Gasteiger partial charge in [-0.15, -0.1) is 0 Å². The summed E-state index contributed by atoms with van der Waals surface area (Å²) in [5.74, 6) is 0.759. The maximum Gasteiger partial charge on any atom is 0.234 e. The molecule has 1 aliphatic heterocycles. The van der Waals surface area contributed by atoms with Gasteiger partial charge in [0.15, 0.2) is 0 Å². The molecule has 2 aromatic carbocycles. The van der Waals surface area contributed by atoms with Crippen LogP contribution in [0, 0.1) is 11.3 Å². The number of ether oxygens (including phenoxy) is 1. The predicted molar refractivity (Wildman–Crippen MR) is 120 cm³/mol. The Hall–Kier alpha value is -3.24. The van der Waals surface area contributed by atoms with E-state index in [1.54, 1.807) is 13.2 Å². The number of fused-ring (bicyclic) bond motifs is 1. The molecule has 0 aliphatic carbocycles. The number of hydrogen-bond donors (Lipinski definition) is 1. The number of nitriles is 1. The molecule has 1 saturated heterocycles. The molecule has 1 N–H and O–H groups in total. The monoisotopic (exact) mass is 418 g/mol. The molecule has 0 radical (unpaired) electrons. The van der Waals surface area contributed by atoms with Crippen molar-refractivity contribution in [3.05, 3.63) is 54.1 Å². The van der Waals surface area contributed by atoms with Crippen LogP contribution in [0.2, 0.25) is 0 Å². The SMILES string of the molecule is COc1ccc2nc(SCC(=O)Nc3ccc(N4CCCC4)cc3)c(C#N)cc2c1. The number of amides is 1. The van der Waals surface area contributed by atoms with Crippen LogP contribution < -0.4 is 15.0 Å². The van der Waals surface area contributed by atoms with E-state index < -0.39 is 0 Å². The van der Waals surface area contributed by atoms with E-state index in [0.717, 1.165) is 29.7 Å². The van der Waals surface area contributed by atoms with Crippen molar-refractivity contribution in [1.82, 2.24) is 4.98 Å². The van der Waals surface area contributed by atoms with Gasteiger partial charge in [-0.25, -0.2) is 4.98 Å². The molecule has 4 rings (SSSR count). The Morgan fingerprint density at radius 2 is 1.97 bits per heavy atom. The number of aromatic nitrogens is 1. The van der Waals surface area contributed by atoms with Crippen molar-refractivity contribution < 1.29 is 9.53 Å². The highest BCUT2D eigenvalue weighted by atomic mass is 32.2. The van der Waals surface area contributed by atoms with Crippen LogP contribution in [0.1, 0.15) is 18.4 Å². The van der Waals surface area contributed by atoms with Gasteiger partial charge in [0.25, 0.3) is 0 Å². The molecule has 152 valence electrons. The molecule has 0 spiro atoms. The lowest BCUT2D eigenvalue weighted by Gasteiger charge is -2.17.